The summed E-state index contributed by atoms with van der Waals surface area (Å²) in [6, 6.07) is 18.1. The van der Waals surface area contributed by atoms with Crippen LogP contribution in [0.4, 0.5) is 8.78 Å². The van der Waals surface area contributed by atoms with Crippen LogP contribution in [-0.2, 0) is 19.6 Å². The van der Waals surface area contributed by atoms with Crippen molar-refractivity contribution in [2.75, 3.05) is 7.05 Å². The minimum absolute atomic E-state index is 0. The van der Waals surface area contributed by atoms with Crippen LogP contribution < -0.4 is 20.9 Å². The summed E-state index contributed by atoms with van der Waals surface area (Å²) in [6.07, 6.45) is 1.76. The maximum Gasteiger partial charge on any atom is 0.387 e. The fraction of sp³-hybridized carbons (Fsp3) is 0.250. The smallest absolute Gasteiger partial charge is 0.387 e. The van der Waals surface area contributed by atoms with Crippen molar-refractivity contribution in [2.45, 2.75) is 33.2 Å². The number of pyridine rings is 1. The average Bonchev–Trinajstić information content (AvgIpc) is 2.78. The van der Waals surface area contributed by atoms with Crippen LogP contribution in [0, 0.1) is 6.92 Å². The molecule has 1 heterocycles. The van der Waals surface area contributed by atoms with Gasteiger partial charge in [-0.05, 0) is 30.2 Å². The molecule has 2 N–H and O–H groups in total. The van der Waals surface area contributed by atoms with Crippen molar-refractivity contribution in [3.63, 3.8) is 0 Å². The summed E-state index contributed by atoms with van der Waals surface area (Å²) in [5.41, 5.74) is 3.59. The van der Waals surface area contributed by atoms with E-state index in [9.17, 15) is 13.6 Å². The number of aliphatic imine (C=N–C) groups is 1. The van der Waals surface area contributed by atoms with Crippen molar-refractivity contribution in [1.82, 2.24) is 15.2 Å². The number of hydrogen-bond donors (Lipinski definition) is 2. The van der Waals surface area contributed by atoms with Crippen LogP contribution in [0.2, 0.25) is 0 Å². The summed E-state index contributed by atoms with van der Waals surface area (Å²) in [6.45, 7) is 0.335. The molecule has 0 unspecified atom stereocenters. The largest absolute Gasteiger partial charge is 0.434 e. The topological polar surface area (TPSA) is 67.7 Å². The van der Waals surface area contributed by atoms with Gasteiger partial charge < -0.3 is 19.9 Å². The third kappa shape index (κ3) is 8.16. The Kier molecular flexibility index (Phi) is 10.3. The number of aryl methyl sites for hydroxylation is 1. The van der Waals surface area contributed by atoms with Crippen molar-refractivity contribution < 1.29 is 13.5 Å². The lowest BCUT2D eigenvalue weighted by molar-refractivity contribution is -0.0504. The van der Waals surface area contributed by atoms with E-state index in [2.05, 4.69) is 20.4 Å². The zero-order valence-corrected chi connectivity index (χ0v) is 20.8. The molecule has 3 rings (SSSR count). The lowest BCUT2D eigenvalue weighted by Gasteiger charge is -2.15. The van der Waals surface area contributed by atoms with Crippen LogP contribution in [0.25, 0.3) is 0 Å². The zero-order chi connectivity index (χ0) is 22.9. The first-order valence-corrected chi connectivity index (χ1v) is 10.2. The van der Waals surface area contributed by atoms with Gasteiger partial charge in [-0.2, -0.15) is 8.78 Å². The molecule has 0 bridgehead atoms. The van der Waals surface area contributed by atoms with Crippen LogP contribution in [0.1, 0.15) is 22.3 Å². The van der Waals surface area contributed by atoms with Crippen molar-refractivity contribution in [3.05, 3.63) is 99.5 Å². The van der Waals surface area contributed by atoms with E-state index in [1.807, 2.05) is 37.3 Å². The molecular formula is C24H27F2IN4O2. The standard InChI is InChI=1S/C24H26F2N4O2.HI/c1-17-6-11-21(32-23(25)26)20(13-17)15-29-24(27-2)28-14-18-7-9-19(10-8-18)16-30-12-4-3-5-22(30)31;/h3-13,23H,14-16H2,1-2H3,(H2,27,28,29);1H. The van der Waals surface area contributed by atoms with E-state index in [1.165, 1.54) is 6.07 Å². The molecule has 9 heteroatoms. The molecule has 0 aliphatic carbocycles. The van der Waals surface area contributed by atoms with Crippen LogP contribution in [0.5, 0.6) is 5.75 Å². The number of guanidine groups is 1. The average molecular weight is 568 g/mol. The van der Waals surface area contributed by atoms with Crippen LogP contribution in [0.15, 0.2) is 76.6 Å². The number of benzene rings is 2. The Morgan fingerprint density at radius 2 is 1.73 bits per heavy atom. The van der Waals surface area contributed by atoms with E-state index in [-0.39, 0.29) is 41.8 Å². The lowest BCUT2D eigenvalue weighted by atomic mass is 10.1. The van der Waals surface area contributed by atoms with Gasteiger partial charge in [0.15, 0.2) is 5.96 Å². The van der Waals surface area contributed by atoms with Gasteiger partial charge in [0.25, 0.3) is 5.56 Å². The molecule has 3 aromatic rings. The Labute approximate surface area is 208 Å². The van der Waals surface area contributed by atoms with Gasteiger partial charge in [0.05, 0.1) is 6.54 Å². The Bertz CT molecular complexity index is 1120. The molecule has 0 aliphatic rings. The summed E-state index contributed by atoms with van der Waals surface area (Å²) >= 11 is 0. The number of ether oxygens (including phenoxy) is 1. The first-order valence-electron chi connectivity index (χ1n) is 10.2. The molecular weight excluding hydrogens is 541 g/mol. The molecule has 0 fully saturated rings. The van der Waals surface area contributed by atoms with Gasteiger partial charge in [0, 0.05) is 38.0 Å². The number of nitrogens with zero attached hydrogens (tertiary/aromatic N) is 2. The molecule has 0 amide bonds. The number of hydrogen-bond acceptors (Lipinski definition) is 3. The van der Waals surface area contributed by atoms with Crippen LogP contribution in [0.3, 0.4) is 0 Å². The third-order valence-electron chi connectivity index (χ3n) is 4.84. The van der Waals surface area contributed by atoms with Crippen LogP contribution >= 0.6 is 24.0 Å². The van der Waals surface area contributed by atoms with Gasteiger partial charge in [-0.25, -0.2) is 0 Å². The highest BCUT2D eigenvalue weighted by molar-refractivity contribution is 14.0. The molecule has 0 atom stereocenters. The van der Waals surface area contributed by atoms with Gasteiger partial charge in [-0.15, -0.1) is 24.0 Å². The number of aromatic nitrogens is 1. The minimum atomic E-state index is -2.88. The first-order chi connectivity index (χ1) is 15.4. The lowest BCUT2D eigenvalue weighted by Crippen LogP contribution is -2.36. The summed E-state index contributed by atoms with van der Waals surface area (Å²) in [5.74, 6) is 0.677. The van der Waals surface area contributed by atoms with Crippen molar-refractivity contribution in [3.8, 4) is 5.75 Å². The Hall–Kier alpha value is -2.95. The van der Waals surface area contributed by atoms with Gasteiger partial charge in [0.2, 0.25) is 0 Å². The second kappa shape index (κ2) is 12.9. The summed E-state index contributed by atoms with van der Waals surface area (Å²) in [4.78, 5) is 16.0. The van der Waals surface area contributed by atoms with Crippen molar-refractivity contribution in [1.29, 1.82) is 0 Å². The molecule has 0 saturated heterocycles. The second-order valence-corrected chi connectivity index (χ2v) is 7.25. The van der Waals surface area contributed by atoms with E-state index >= 15 is 0 Å². The second-order valence-electron chi connectivity index (χ2n) is 7.25. The molecule has 0 aliphatic heterocycles. The van der Waals surface area contributed by atoms with Crippen molar-refractivity contribution in [2.24, 2.45) is 4.99 Å². The van der Waals surface area contributed by atoms with E-state index in [0.717, 1.165) is 16.7 Å². The molecule has 176 valence electrons. The van der Waals surface area contributed by atoms with Gasteiger partial charge in [-0.3, -0.25) is 9.79 Å². The maximum atomic E-state index is 12.6. The van der Waals surface area contributed by atoms with Crippen LogP contribution in [-0.4, -0.2) is 24.2 Å². The Balaban J connectivity index is 0.00000385. The number of nitrogens with one attached hydrogen (secondary N) is 2. The fourth-order valence-corrected chi connectivity index (χ4v) is 3.19. The number of alkyl halides is 2. The molecule has 0 radical (unpaired) electrons. The minimum Gasteiger partial charge on any atom is -0.434 e. The highest BCUT2D eigenvalue weighted by Crippen LogP contribution is 2.22. The van der Waals surface area contributed by atoms with E-state index in [0.29, 0.717) is 24.6 Å². The fourth-order valence-electron chi connectivity index (χ4n) is 3.19. The van der Waals surface area contributed by atoms with Gasteiger partial charge in [0.1, 0.15) is 5.75 Å². The van der Waals surface area contributed by atoms with E-state index < -0.39 is 6.61 Å². The number of halogens is 3. The SMILES string of the molecule is CN=C(NCc1ccc(Cn2ccccc2=O)cc1)NCc1cc(C)ccc1OC(F)F.I. The molecule has 1 aromatic heterocycles. The first kappa shape index (κ1) is 26.3. The summed E-state index contributed by atoms with van der Waals surface area (Å²) in [7, 11) is 1.64. The summed E-state index contributed by atoms with van der Waals surface area (Å²) < 4.78 is 31.5. The molecule has 33 heavy (non-hydrogen) atoms. The Morgan fingerprint density at radius 1 is 1.03 bits per heavy atom. The number of rotatable bonds is 8. The molecule has 0 spiro atoms. The quantitative estimate of drug-likeness (QED) is 0.242. The van der Waals surface area contributed by atoms with Gasteiger partial charge >= 0.3 is 6.61 Å². The predicted molar refractivity (Wildman–Crippen MR) is 137 cm³/mol. The normalized spacial score (nSPS) is 11.1. The van der Waals surface area contributed by atoms with E-state index in [4.69, 9.17) is 0 Å². The zero-order valence-electron chi connectivity index (χ0n) is 18.4. The Morgan fingerprint density at radius 3 is 2.39 bits per heavy atom. The maximum absolute atomic E-state index is 12.6. The van der Waals surface area contributed by atoms with Gasteiger partial charge in [-0.1, -0.05) is 48.0 Å². The summed E-state index contributed by atoms with van der Waals surface area (Å²) in [5, 5.41) is 6.33. The highest BCUT2D eigenvalue weighted by Gasteiger charge is 2.10. The molecule has 2 aromatic carbocycles. The predicted octanol–water partition coefficient (Wildman–Crippen LogP) is 4.29. The highest BCUT2D eigenvalue weighted by atomic mass is 127. The molecule has 6 nitrogen and oxygen atoms in total. The third-order valence-corrected chi connectivity index (χ3v) is 4.84. The van der Waals surface area contributed by atoms with Crippen molar-refractivity contribution >= 4 is 29.9 Å². The monoisotopic (exact) mass is 568 g/mol. The molecule has 0 saturated carbocycles. The van der Waals surface area contributed by atoms with E-state index in [1.54, 1.807) is 42.1 Å².